The van der Waals surface area contributed by atoms with E-state index in [1.165, 1.54) is 11.3 Å². The molecule has 0 saturated carbocycles. The third-order valence-electron chi connectivity index (χ3n) is 4.85. The van der Waals surface area contributed by atoms with Crippen LogP contribution in [0.5, 0.6) is 0 Å². The number of hydrogen-bond donors (Lipinski definition) is 0. The molecule has 1 saturated heterocycles. The van der Waals surface area contributed by atoms with E-state index in [-0.39, 0.29) is 5.91 Å². The van der Waals surface area contributed by atoms with E-state index in [1.807, 2.05) is 24.0 Å². The van der Waals surface area contributed by atoms with Crippen LogP contribution in [-0.2, 0) is 17.6 Å². The Kier molecular flexibility index (Phi) is 5.24. The number of likely N-dealkylation sites (tertiary alicyclic amines) is 1. The normalized spacial score (nSPS) is 15.2. The summed E-state index contributed by atoms with van der Waals surface area (Å²) in [4.78, 5) is 28.2. The summed E-state index contributed by atoms with van der Waals surface area (Å²) in [5, 5.41) is 4.06. The lowest BCUT2D eigenvalue weighted by Crippen LogP contribution is -2.39. The molecule has 3 aromatic heterocycles. The highest BCUT2D eigenvalue weighted by atomic mass is 32.1. The van der Waals surface area contributed by atoms with Gasteiger partial charge in [-0.3, -0.25) is 14.8 Å². The Morgan fingerprint density at radius 2 is 2.22 bits per heavy atom. The number of hydrogen-bond acceptors (Lipinski definition) is 7. The fraction of sp³-hybridized carbons (Fsp3) is 0.421. The maximum atomic E-state index is 12.4. The van der Waals surface area contributed by atoms with Gasteiger partial charge in [-0.1, -0.05) is 5.16 Å². The Bertz CT molecular complexity index is 900. The Hall–Kier alpha value is -2.61. The molecule has 0 N–H and O–H groups in total. The van der Waals surface area contributed by atoms with E-state index in [2.05, 4.69) is 20.1 Å². The van der Waals surface area contributed by atoms with Crippen molar-refractivity contribution in [2.45, 2.75) is 32.6 Å². The van der Waals surface area contributed by atoms with Crippen LogP contribution in [-0.4, -0.2) is 44.0 Å². The summed E-state index contributed by atoms with van der Waals surface area (Å²) < 4.78 is 5.42. The van der Waals surface area contributed by atoms with Gasteiger partial charge >= 0.3 is 0 Å². The van der Waals surface area contributed by atoms with Gasteiger partial charge in [-0.2, -0.15) is 4.98 Å². The average Bonchev–Trinajstić information content (AvgIpc) is 3.34. The molecule has 0 aromatic carbocycles. The minimum atomic E-state index is 0.184. The van der Waals surface area contributed by atoms with Crippen LogP contribution in [0, 0.1) is 12.8 Å². The van der Waals surface area contributed by atoms with Crippen molar-refractivity contribution in [3.8, 4) is 11.5 Å². The number of carbonyl (C=O) groups excluding carboxylic acids is 1. The topological polar surface area (TPSA) is 85.0 Å². The molecular weight excluding hydrogens is 362 g/mol. The molecule has 4 rings (SSSR count). The van der Waals surface area contributed by atoms with Crippen LogP contribution in [0.25, 0.3) is 11.5 Å². The largest absolute Gasteiger partial charge is 0.342 e. The van der Waals surface area contributed by atoms with E-state index in [1.54, 1.807) is 17.9 Å². The SMILES string of the molecule is Cc1ccnc(-c2noc(CC3CCN(C(=O)Cc4cncs4)CC3)n2)c1. The molecule has 0 bridgehead atoms. The van der Waals surface area contributed by atoms with Gasteiger partial charge in [-0.05, 0) is 43.4 Å². The predicted molar refractivity (Wildman–Crippen MR) is 101 cm³/mol. The zero-order valence-corrected chi connectivity index (χ0v) is 16.0. The predicted octanol–water partition coefficient (Wildman–Crippen LogP) is 2.92. The Balaban J connectivity index is 1.30. The molecule has 0 atom stereocenters. The molecule has 3 aromatic rings. The van der Waals surface area contributed by atoms with Crippen LogP contribution in [0.2, 0.25) is 0 Å². The van der Waals surface area contributed by atoms with Gasteiger partial charge in [0.15, 0.2) is 0 Å². The highest BCUT2D eigenvalue weighted by molar-refractivity contribution is 7.09. The maximum Gasteiger partial charge on any atom is 0.227 e. The minimum absolute atomic E-state index is 0.184. The summed E-state index contributed by atoms with van der Waals surface area (Å²) >= 11 is 1.53. The molecule has 0 aliphatic carbocycles. The lowest BCUT2D eigenvalue weighted by molar-refractivity contribution is -0.131. The molecule has 1 amide bonds. The highest BCUT2D eigenvalue weighted by Crippen LogP contribution is 2.23. The van der Waals surface area contributed by atoms with Gasteiger partial charge in [0.1, 0.15) is 5.69 Å². The number of thiazole rings is 1. The number of rotatable bonds is 5. The first-order chi connectivity index (χ1) is 13.2. The maximum absolute atomic E-state index is 12.4. The highest BCUT2D eigenvalue weighted by Gasteiger charge is 2.25. The number of amides is 1. The van der Waals surface area contributed by atoms with Crippen molar-refractivity contribution in [1.29, 1.82) is 0 Å². The lowest BCUT2D eigenvalue weighted by Gasteiger charge is -2.31. The van der Waals surface area contributed by atoms with Crippen LogP contribution < -0.4 is 0 Å². The van der Waals surface area contributed by atoms with E-state index >= 15 is 0 Å². The molecular formula is C19H21N5O2S. The summed E-state index contributed by atoms with van der Waals surface area (Å²) in [6.45, 7) is 3.57. The molecule has 7 nitrogen and oxygen atoms in total. The smallest absolute Gasteiger partial charge is 0.227 e. The van der Waals surface area contributed by atoms with Crippen molar-refractivity contribution in [3.63, 3.8) is 0 Å². The second-order valence-corrected chi connectivity index (χ2v) is 7.87. The molecule has 8 heteroatoms. The number of nitrogens with zero attached hydrogens (tertiary/aromatic N) is 5. The van der Waals surface area contributed by atoms with Crippen LogP contribution in [0.4, 0.5) is 0 Å². The first kappa shape index (κ1) is 17.8. The van der Waals surface area contributed by atoms with Crippen molar-refractivity contribution >= 4 is 17.2 Å². The standard InChI is InChI=1S/C19H21N5O2S/c1-13-2-5-21-16(8-13)19-22-17(26-23-19)9-14-3-6-24(7-4-14)18(25)10-15-11-20-12-27-15/h2,5,8,11-12,14H,3-4,6-7,9-10H2,1H3. The minimum Gasteiger partial charge on any atom is -0.342 e. The van der Waals surface area contributed by atoms with Crippen molar-refractivity contribution < 1.29 is 9.32 Å². The molecule has 4 heterocycles. The number of carbonyl (C=O) groups is 1. The lowest BCUT2D eigenvalue weighted by atomic mass is 9.93. The molecule has 140 valence electrons. The van der Waals surface area contributed by atoms with Crippen LogP contribution in [0.1, 0.15) is 29.2 Å². The van der Waals surface area contributed by atoms with Gasteiger partial charge in [0.2, 0.25) is 17.6 Å². The molecule has 1 fully saturated rings. The van der Waals surface area contributed by atoms with E-state index in [9.17, 15) is 4.79 Å². The first-order valence-corrected chi connectivity index (χ1v) is 9.96. The second-order valence-electron chi connectivity index (χ2n) is 6.90. The fourth-order valence-electron chi connectivity index (χ4n) is 3.32. The second kappa shape index (κ2) is 7.96. The van der Waals surface area contributed by atoms with Gasteiger partial charge in [-0.25, -0.2) is 0 Å². The van der Waals surface area contributed by atoms with Gasteiger partial charge in [0, 0.05) is 36.8 Å². The fourth-order valence-corrected chi connectivity index (χ4v) is 3.91. The quantitative estimate of drug-likeness (QED) is 0.673. The zero-order valence-electron chi connectivity index (χ0n) is 15.2. The van der Waals surface area contributed by atoms with E-state index in [0.29, 0.717) is 24.1 Å². The number of aromatic nitrogens is 4. The molecule has 1 aliphatic rings. The van der Waals surface area contributed by atoms with E-state index in [0.717, 1.165) is 48.5 Å². The van der Waals surface area contributed by atoms with Crippen molar-refractivity contribution in [2.24, 2.45) is 5.92 Å². The third-order valence-corrected chi connectivity index (χ3v) is 5.63. The summed E-state index contributed by atoms with van der Waals surface area (Å²) in [5.74, 6) is 1.81. The van der Waals surface area contributed by atoms with Crippen LogP contribution >= 0.6 is 11.3 Å². The summed E-state index contributed by atoms with van der Waals surface area (Å²) in [6, 6.07) is 3.89. The summed E-state index contributed by atoms with van der Waals surface area (Å²) in [6.07, 6.45) is 6.62. The van der Waals surface area contributed by atoms with Gasteiger partial charge in [0.25, 0.3) is 0 Å². The van der Waals surface area contributed by atoms with E-state index < -0.39 is 0 Å². The Morgan fingerprint density at radius 1 is 1.37 bits per heavy atom. The summed E-state index contributed by atoms with van der Waals surface area (Å²) in [7, 11) is 0. The number of aryl methyl sites for hydroxylation is 1. The van der Waals surface area contributed by atoms with Gasteiger partial charge < -0.3 is 9.42 Å². The van der Waals surface area contributed by atoms with Crippen LogP contribution in [0.15, 0.2) is 34.6 Å². The van der Waals surface area contributed by atoms with Gasteiger partial charge in [0.05, 0.1) is 11.9 Å². The zero-order chi connectivity index (χ0) is 18.6. The van der Waals surface area contributed by atoms with Crippen molar-refractivity contribution in [2.75, 3.05) is 13.1 Å². The third kappa shape index (κ3) is 4.39. The molecule has 0 unspecified atom stereocenters. The van der Waals surface area contributed by atoms with Crippen molar-refractivity contribution in [1.82, 2.24) is 25.0 Å². The molecule has 27 heavy (non-hydrogen) atoms. The van der Waals surface area contributed by atoms with Gasteiger partial charge in [-0.15, -0.1) is 11.3 Å². The first-order valence-electron chi connectivity index (χ1n) is 9.08. The molecule has 1 aliphatic heterocycles. The monoisotopic (exact) mass is 383 g/mol. The average molecular weight is 383 g/mol. The van der Waals surface area contributed by atoms with Crippen LogP contribution in [0.3, 0.4) is 0 Å². The Morgan fingerprint density at radius 3 is 2.96 bits per heavy atom. The molecule has 0 radical (unpaired) electrons. The van der Waals surface area contributed by atoms with Crippen molar-refractivity contribution in [3.05, 3.63) is 46.4 Å². The molecule has 0 spiro atoms. The summed E-state index contributed by atoms with van der Waals surface area (Å²) in [5.41, 5.74) is 3.61. The van der Waals surface area contributed by atoms with E-state index in [4.69, 9.17) is 4.52 Å². The number of pyridine rings is 1. The number of piperidine rings is 1. The Labute approximate surface area is 161 Å².